The Balaban J connectivity index is 2.43. The third-order valence-electron chi connectivity index (χ3n) is 3.10. The van der Waals surface area contributed by atoms with E-state index < -0.39 is 0 Å². The molecule has 2 aromatic rings. The van der Waals surface area contributed by atoms with E-state index in [1.54, 1.807) is 0 Å². The first kappa shape index (κ1) is 13.6. The van der Waals surface area contributed by atoms with E-state index in [0.717, 1.165) is 22.5 Å². The summed E-state index contributed by atoms with van der Waals surface area (Å²) in [6.45, 7) is 6.19. The molecule has 0 unspecified atom stereocenters. The predicted molar refractivity (Wildman–Crippen MR) is 86.3 cm³/mol. The fraction of sp³-hybridized carbons (Fsp3) is 0.188. The summed E-state index contributed by atoms with van der Waals surface area (Å²) in [4.78, 5) is 0.413. The van der Waals surface area contributed by atoms with Crippen LogP contribution >= 0.6 is 12.2 Å². The van der Waals surface area contributed by atoms with E-state index in [1.165, 1.54) is 11.1 Å². The van der Waals surface area contributed by atoms with Crippen molar-refractivity contribution in [3.05, 3.63) is 58.7 Å². The molecule has 0 heterocycles. The predicted octanol–water partition coefficient (Wildman–Crippen LogP) is 3.99. The van der Waals surface area contributed by atoms with E-state index in [-0.39, 0.29) is 0 Å². The monoisotopic (exact) mass is 270 g/mol. The van der Waals surface area contributed by atoms with Crippen LogP contribution in [0.3, 0.4) is 0 Å². The van der Waals surface area contributed by atoms with Crippen LogP contribution in [-0.4, -0.2) is 4.99 Å². The highest BCUT2D eigenvalue weighted by atomic mass is 32.1. The Hall–Kier alpha value is -1.87. The lowest BCUT2D eigenvalue weighted by Crippen LogP contribution is -2.12. The molecule has 0 atom stereocenters. The molecule has 2 rings (SSSR count). The number of nitrogens with two attached hydrogens (primary N) is 1. The number of anilines is 2. The molecule has 0 amide bonds. The number of benzene rings is 2. The van der Waals surface area contributed by atoms with Gasteiger partial charge in [0.2, 0.25) is 0 Å². The lowest BCUT2D eigenvalue weighted by molar-refractivity contribution is 1.37. The minimum atomic E-state index is 0.413. The van der Waals surface area contributed by atoms with Crippen LogP contribution in [0, 0.1) is 20.8 Å². The molecule has 3 N–H and O–H groups in total. The van der Waals surface area contributed by atoms with Gasteiger partial charge in [-0.2, -0.15) is 0 Å². The van der Waals surface area contributed by atoms with Crippen LogP contribution < -0.4 is 11.1 Å². The average molecular weight is 270 g/mol. The largest absolute Gasteiger partial charge is 0.389 e. The summed E-state index contributed by atoms with van der Waals surface area (Å²) in [5.41, 5.74) is 12.3. The number of hydrogen-bond acceptors (Lipinski definition) is 2. The SMILES string of the molecule is Cc1ccc(C)c(Nc2ccc(C)cc2C(N)=S)c1. The summed E-state index contributed by atoms with van der Waals surface area (Å²) in [5, 5.41) is 3.42. The van der Waals surface area contributed by atoms with Gasteiger partial charge in [0.25, 0.3) is 0 Å². The Bertz CT molecular complexity index is 633. The number of aryl methyl sites for hydroxylation is 3. The van der Waals surface area contributed by atoms with Crippen molar-refractivity contribution in [3.8, 4) is 0 Å². The molecule has 0 saturated heterocycles. The quantitative estimate of drug-likeness (QED) is 0.828. The molecule has 0 spiro atoms. The number of rotatable bonds is 3. The highest BCUT2D eigenvalue weighted by molar-refractivity contribution is 7.80. The molecule has 0 bridgehead atoms. The molecule has 0 saturated carbocycles. The summed E-state index contributed by atoms with van der Waals surface area (Å²) in [5.74, 6) is 0. The molecule has 0 fully saturated rings. The highest BCUT2D eigenvalue weighted by Gasteiger charge is 2.07. The Kier molecular flexibility index (Phi) is 3.86. The van der Waals surface area contributed by atoms with Crippen LogP contribution in [-0.2, 0) is 0 Å². The summed E-state index contributed by atoms with van der Waals surface area (Å²) >= 11 is 5.12. The second-order valence-electron chi connectivity index (χ2n) is 4.86. The standard InChI is InChI=1S/C16H18N2S/c1-10-5-7-14(13(8-10)16(17)19)18-15-9-11(2)4-6-12(15)3/h4-9,18H,1-3H3,(H2,17,19). The maximum Gasteiger partial charge on any atom is 0.106 e. The van der Waals surface area contributed by atoms with Crippen molar-refractivity contribution < 1.29 is 0 Å². The zero-order chi connectivity index (χ0) is 14.0. The fourth-order valence-electron chi connectivity index (χ4n) is 1.99. The summed E-state index contributed by atoms with van der Waals surface area (Å²) in [6.07, 6.45) is 0. The van der Waals surface area contributed by atoms with E-state index in [9.17, 15) is 0 Å². The lowest BCUT2D eigenvalue weighted by Gasteiger charge is -2.14. The van der Waals surface area contributed by atoms with Gasteiger partial charge in [0.1, 0.15) is 4.99 Å². The van der Waals surface area contributed by atoms with E-state index >= 15 is 0 Å². The molecule has 19 heavy (non-hydrogen) atoms. The molecular formula is C16H18N2S. The molecule has 2 nitrogen and oxygen atoms in total. The smallest absolute Gasteiger partial charge is 0.106 e. The van der Waals surface area contributed by atoms with Gasteiger partial charge in [-0.1, -0.05) is 36.0 Å². The second-order valence-corrected chi connectivity index (χ2v) is 5.30. The third kappa shape index (κ3) is 3.12. The van der Waals surface area contributed by atoms with Gasteiger partial charge in [-0.3, -0.25) is 0 Å². The van der Waals surface area contributed by atoms with Crippen molar-refractivity contribution in [2.24, 2.45) is 5.73 Å². The van der Waals surface area contributed by atoms with Crippen LogP contribution in [0.25, 0.3) is 0 Å². The normalized spacial score (nSPS) is 10.3. The molecule has 0 aromatic heterocycles. The fourth-order valence-corrected chi connectivity index (χ4v) is 2.16. The molecule has 0 aliphatic carbocycles. The van der Waals surface area contributed by atoms with Gasteiger partial charge in [-0.05, 0) is 50.1 Å². The van der Waals surface area contributed by atoms with Gasteiger partial charge >= 0.3 is 0 Å². The Morgan fingerprint density at radius 1 is 0.947 bits per heavy atom. The summed E-state index contributed by atoms with van der Waals surface area (Å²) < 4.78 is 0. The van der Waals surface area contributed by atoms with Crippen molar-refractivity contribution in [2.45, 2.75) is 20.8 Å². The number of thiocarbonyl (C=S) groups is 1. The van der Waals surface area contributed by atoms with Crippen LogP contribution in [0.5, 0.6) is 0 Å². The molecule has 2 aromatic carbocycles. The van der Waals surface area contributed by atoms with Crippen molar-refractivity contribution >= 4 is 28.6 Å². The van der Waals surface area contributed by atoms with Gasteiger partial charge in [-0.15, -0.1) is 0 Å². The van der Waals surface area contributed by atoms with Crippen LogP contribution in [0.4, 0.5) is 11.4 Å². The van der Waals surface area contributed by atoms with E-state index in [4.69, 9.17) is 18.0 Å². The molecule has 0 radical (unpaired) electrons. The van der Waals surface area contributed by atoms with E-state index in [0.29, 0.717) is 4.99 Å². The van der Waals surface area contributed by atoms with Gasteiger partial charge in [-0.25, -0.2) is 0 Å². The minimum absolute atomic E-state index is 0.413. The van der Waals surface area contributed by atoms with Crippen molar-refractivity contribution in [1.29, 1.82) is 0 Å². The first-order valence-electron chi connectivity index (χ1n) is 6.22. The Labute approximate surface area is 119 Å². The molecule has 0 aliphatic rings. The van der Waals surface area contributed by atoms with Crippen LogP contribution in [0.1, 0.15) is 22.3 Å². The van der Waals surface area contributed by atoms with Gasteiger partial charge in [0.05, 0.1) is 0 Å². The van der Waals surface area contributed by atoms with Gasteiger partial charge < -0.3 is 11.1 Å². The first-order valence-corrected chi connectivity index (χ1v) is 6.63. The maximum absolute atomic E-state index is 5.80. The van der Waals surface area contributed by atoms with Crippen LogP contribution in [0.2, 0.25) is 0 Å². The lowest BCUT2D eigenvalue weighted by atomic mass is 10.1. The zero-order valence-corrected chi connectivity index (χ0v) is 12.3. The summed E-state index contributed by atoms with van der Waals surface area (Å²) in [6, 6.07) is 12.4. The van der Waals surface area contributed by atoms with Crippen molar-refractivity contribution in [1.82, 2.24) is 0 Å². The van der Waals surface area contributed by atoms with Crippen LogP contribution in [0.15, 0.2) is 36.4 Å². The van der Waals surface area contributed by atoms with Gasteiger partial charge in [0, 0.05) is 16.9 Å². The van der Waals surface area contributed by atoms with Crippen molar-refractivity contribution in [2.75, 3.05) is 5.32 Å². The maximum atomic E-state index is 5.80. The zero-order valence-electron chi connectivity index (χ0n) is 11.4. The molecule has 98 valence electrons. The average Bonchev–Trinajstić information content (AvgIpc) is 2.35. The Morgan fingerprint density at radius 3 is 2.26 bits per heavy atom. The van der Waals surface area contributed by atoms with Gasteiger partial charge in [0.15, 0.2) is 0 Å². The third-order valence-corrected chi connectivity index (χ3v) is 3.32. The van der Waals surface area contributed by atoms with Crippen molar-refractivity contribution in [3.63, 3.8) is 0 Å². The number of hydrogen-bond donors (Lipinski definition) is 2. The Morgan fingerprint density at radius 2 is 1.58 bits per heavy atom. The topological polar surface area (TPSA) is 38.0 Å². The second kappa shape index (κ2) is 5.41. The number of nitrogens with one attached hydrogen (secondary N) is 1. The highest BCUT2D eigenvalue weighted by Crippen LogP contribution is 2.25. The molecule has 3 heteroatoms. The van der Waals surface area contributed by atoms with E-state index in [1.807, 2.05) is 19.1 Å². The molecule has 0 aliphatic heterocycles. The minimum Gasteiger partial charge on any atom is -0.389 e. The van der Waals surface area contributed by atoms with E-state index in [2.05, 4.69) is 43.4 Å². The first-order chi connectivity index (χ1) is 8.97. The summed E-state index contributed by atoms with van der Waals surface area (Å²) in [7, 11) is 0. The molecular weight excluding hydrogens is 252 g/mol.